The van der Waals surface area contributed by atoms with Gasteiger partial charge in [0.05, 0.1) is 16.3 Å². The van der Waals surface area contributed by atoms with E-state index in [-0.39, 0.29) is 22.0 Å². The molecule has 0 aliphatic carbocycles. The molecule has 0 spiro atoms. The third-order valence-electron chi connectivity index (χ3n) is 2.82. The van der Waals surface area contributed by atoms with Gasteiger partial charge in [-0.2, -0.15) is 0 Å². The summed E-state index contributed by atoms with van der Waals surface area (Å²) in [6, 6.07) is 6.76. The number of anilines is 2. The lowest BCUT2D eigenvalue weighted by molar-refractivity contribution is 0.102. The first-order chi connectivity index (χ1) is 9.40. The van der Waals surface area contributed by atoms with Crippen LogP contribution in [0, 0.1) is 12.7 Å². The van der Waals surface area contributed by atoms with Crippen molar-refractivity contribution >= 4 is 28.9 Å². The van der Waals surface area contributed by atoms with E-state index in [0.29, 0.717) is 11.3 Å². The molecule has 0 aromatic heterocycles. The third kappa shape index (κ3) is 2.67. The first kappa shape index (κ1) is 14.1. The highest BCUT2D eigenvalue weighted by atomic mass is 35.5. The Hall–Kier alpha value is -2.27. The molecule has 0 aliphatic heterocycles. The summed E-state index contributed by atoms with van der Waals surface area (Å²) >= 11 is 5.77. The van der Waals surface area contributed by atoms with E-state index in [4.69, 9.17) is 17.3 Å². The first-order valence-corrected chi connectivity index (χ1v) is 6.12. The Morgan fingerprint density at radius 1 is 1.35 bits per heavy atom. The van der Waals surface area contributed by atoms with E-state index in [1.807, 2.05) is 0 Å². The van der Waals surface area contributed by atoms with Gasteiger partial charge in [-0.3, -0.25) is 4.79 Å². The second-order valence-corrected chi connectivity index (χ2v) is 4.68. The summed E-state index contributed by atoms with van der Waals surface area (Å²) < 4.78 is 12.8. The molecular formula is C14H12ClFN2O2. The van der Waals surface area contributed by atoms with Crippen LogP contribution in [0.4, 0.5) is 15.8 Å². The molecule has 4 nitrogen and oxygen atoms in total. The summed E-state index contributed by atoms with van der Waals surface area (Å²) in [6.45, 7) is 1.65. The molecule has 0 unspecified atom stereocenters. The zero-order valence-corrected chi connectivity index (χ0v) is 11.3. The van der Waals surface area contributed by atoms with Crippen molar-refractivity contribution in [1.29, 1.82) is 0 Å². The van der Waals surface area contributed by atoms with Crippen LogP contribution in [0.1, 0.15) is 15.9 Å². The van der Waals surface area contributed by atoms with Crippen molar-refractivity contribution in [2.45, 2.75) is 6.92 Å². The predicted octanol–water partition coefficient (Wildman–Crippen LogP) is 3.33. The summed E-state index contributed by atoms with van der Waals surface area (Å²) in [5, 5.41) is 12.3. The van der Waals surface area contributed by atoms with Gasteiger partial charge in [0, 0.05) is 5.69 Å². The fraction of sp³-hybridized carbons (Fsp3) is 0.0714. The molecule has 20 heavy (non-hydrogen) atoms. The molecule has 104 valence electrons. The van der Waals surface area contributed by atoms with E-state index >= 15 is 0 Å². The molecule has 0 atom stereocenters. The van der Waals surface area contributed by atoms with Crippen LogP contribution in [-0.4, -0.2) is 11.0 Å². The lowest BCUT2D eigenvalue weighted by Gasteiger charge is -2.12. The number of phenols is 1. The number of nitrogens with two attached hydrogens (primary N) is 1. The largest absolute Gasteiger partial charge is 0.504 e. The van der Waals surface area contributed by atoms with Gasteiger partial charge < -0.3 is 16.2 Å². The normalized spacial score (nSPS) is 10.3. The number of amides is 1. The van der Waals surface area contributed by atoms with Gasteiger partial charge in [0.15, 0.2) is 5.75 Å². The van der Waals surface area contributed by atoms with Crippen LogP contribution in [0.25, 0.3) is 0 Å². The molecular weight excluding hydrogens is 283 g/mol. The number of halogens is 2. The monoisotopic (exact) mass is 294 g/mol. The van der Waals surface area contributed by atoms with Crippen molar-refractivity contribution in [3.05, 3.63) is 52.3 Å². The lowest BCUT2D eigenvalue weighted by Crippen LogP contribution is -2.15. The van der Waals surface area contributed by atoms with Crippen LogP contribution in [-0.2, 0) is 0 Å². The number of aryl methyl sites for hydroxylation is 1. The molecule has 2 aromatic rings. The Labute approximate surface area is 120 Å². The quantitative estimate of drug-likeness (QED) is 0.587. The van der Waals surface area contributed by atoms with Crippen molar-refractivity contribution < 1.29 is 14.3 Å². The number of aromatic hydroxyl groups is 1. The van der Waals surface area contributed by atoms with Gasteiger partial charge >= 0.3 is 0 Å². The number of nitrogen functional groups attached to an aromatic ring is 1. The first-order valence-electron chi connectivity index (χ1n) is 5.74. The van der Waals surface area contributed by atoms with Gasteiger partial charge in [0.2, 0.25) is 0 Å². The Bertz CT molecular complexity index is 672. The minimum atomic E-state index is -0.501. The smallest absolute Gasteiger partial charge is 0.258 e. The molecule has 2 aromatic carbocycles. The molecule has 0 fully saturated rings. The minimum absolute atomic E-state index is 0.0818. The lowest BCUT2D eigenvalue weighted by atomic mass is 10.0. The molecule has 0 saturated carbocycles. The predicted molar refractivity (Wildman–Crippen MR) is 76.6 cm³/mol. The Morgan fingerprint density at radius 2 is 1.95 bits per heavy atom. The molecule has 0 saturated heterocycles. The number of phenolic OH excluding ortho intramolecular Hbond substituents is 1. The van der Waals surface area contributed by atoms with Crippen molar-refractivity contribution in [2.75, 3.05) is 11.1 Å². The van der Waals surface area contributed by atoms with Crippen LogP contribution in [0.3, 0.4) is 0 Å². The van der Waals surface area contributed by atoms with Crippen molar-refractivity contribution in [1.82, 2.24) is 0 Å². The summed E-state index contributed by atoms with van der Waals surface area (Å²) in [5.74, 6) is -1.23. The highest BCUT2D eigenvalue weighted by Gasteiger charge is 2.18. The molecule has 0 aliphatic rings. The van der Waals surface area contributed by atoms with Crippen molar-refractivity contribution in [2.24, 2.45) is 0 Å². The maximum Gasteiger partial charge on any atom is 0.258 e. The van der Waals surface area contributed by atoms with Gasteiger partial charge in [-0.1, -0.05) is 11.6 Å². The minimum Gasteiger partial charge on any atom is -0.504 e. The van der Waals surface area contributed by atoms with E-state index in [0.717, 1.165) is 0 Å². The topological polar surface area (TPSA) is 75.3 Å². The zero-order chi connectivity index (χ0) is 14.9. The molecule has 6 heteroatoms. The summed E-state index contributed by atoms with van der Waals surface area (Å²) in [4.78, 5) is 12.2. The van der Waals surface area contributed by atoms with Crippen LogP contribution < -0.4 is 11.1 Å². The number of hydrogen-bond donors (Lipinski definition) is 3. The molecule has 1 amide bonds. The Balaban J connectivity index is 2.34. The van der Waals surface area contributed by atoms with Gasteiger partial charge in [0.25, 0.3) is 5.91 Å². The standard InChI is InChI=1S/C14H12ClFN2O2/c1-7-6-10(15)13(19)12(17)11(7)14(20)18-9-4-2-8(16)3-5-9/h2-6,19H,17H2,1H3,(H,18,20). The Morgan fingerprint density at radius 3 is 2.55 bits per heavy atom. The van der Waals surface area contributed by atoms with Crippen LogP contribution >= 0.6 is 11.6 Å². The SMILES string of the molecule is Cc1cc(Cl)c(O)c(N)c1C(=O)Nc1ccc(F)cc1. The van der Waals surface area contributed by atoms with E-state index in [1.165, 1.54) is 30.3 Å². The van der Waals surface area contributed by atoms with Crippen LogP contribution in [0.15, 0.2) is 30.3 Å². The molecule has 4 N–H and O–H groups in total. The van der Waals surface area contributed by atoms with Crippen LogP contribution in [0.5, 0.6) is 5.75 Å². The fourth-order valence-electron chi connectivity index (χ4n) is 1.82. The maximum atomic E-state index is 12.8. The van der Waals surface area contributed by atoms with E-state index in [9.17, 15) is 14.3 Å². The number of carbonyl (C=O) groups is 1. The number of carbonyl (C=O) groups excluding carboxylic acids is 1. The fourth-order valence-corrected chi connectivity index (χ4v) is 2.08. The van der Waals surface area contributed by atoms with Gasteiger partial charge in [-0.15, -0.1) is 0 Å². The molecule has 0 heterocycles. The van der Waals surface area contributed by atoms with Crippen LogP contribution in [0.2, 0.25) is 5.02 Å². The maximum absolute atomic E-state index is 12.8. The summed E-state index contributed by atoms with van der Waals surface area (Å²) in [7, 11) is 0. The van der Waals surface area contributed by atoms with E-state index in [1.54, 1.807) is 6.92 Å². The average Bonchev–Trinajstić information content (AvgIpc) is 2.39. The Kier molecular flexibility index (Phi) is 3.81. The zero-order valence-electron chi connectivity index (χ0n) is 10.6. The van der Waals surface area contributed by atoms with Crippen molar-refractivity contribution in [3.8, 4) is 5.75 Å². The highest BCUT2D eigenvalue weighted by molar-refractivity contribution is 6.33. The van der Waals surface area contributed by atoms with Crippen molar-refractivity contribution in [3.63, 3.8) is 0 Å². The molecule has 0 radical (unpaired) electrons. The number of nitrogens with one attached hydrogen (secondary N) is 1. The number of hydrogen-bond acceptors (Lipinski definition) is 3. The van der Waals surface area contributed by atoms with E-state index < -0.39 is 11.7 Å². The molecule has 2 rings (SSSR count). The van der Waals surface area contributed by atoms with Gasteiger partial charge in [0.1, 0.15) is 5.82 Å². The highest BCUT2D eigenvalue weighted by Crippen LogP contribution is 2.35. The second kappa shape index (κ2) is 5.38. The average molecular weight is 295 g/mol. The second-order valence-electron chi connectivity index (χ2n) is 4.27. The third-order valence-corrected chi connectivity index (χ3v) is 3.11. The number of benzene rings is 2. The molecule has 0 bridgehead atoms. The van der Waals surface area contributed by atoms with Gasteiger partial charge in [-0.25, -0.2) is 4.39 Å². The summed E-state index contributed by atoms with van der Waals surface area (Å²) in [5.41, 5.74) is 6.71. The number of rotatable bonds is 2. The van der Waals surface area contributed by atoms with Gasteiger partial charge in [-0.05, 0) is 42.8 Å². The van der Waals surface area contributed by atoms with E-state index in [2.05, 4.69) is 5.32 Å². The summed E-state index contributed by atoms with van der Waals surface area (Å²) in [6.07, 6.45) is 0.